The van der Waals surface area contributed by atoms with Gasteiger partial charge >= 0.3 is 0 Å². The van der Waals surface area contributed by atoms with E-state index >= 15 is 0 Å². The third-order valence-electron chi connectivity index (χ3n) is 2.34. The first-order valence-electron chi connectivity index (χ1n) is 4.72. The standard InChI is InChI=1S/C11H11ClO3/c1-7-4-10-11(15-6-14-10)5-8(7)9(13)2-3-12/h4-5H,2-3,6H2,1H3. The number of fused-ring (bicyclic) bond motifs is 1. The number of carbonyl (C=O) groups excluding carboxylic acids is 1. The van der Waals surface area contributed by atoms with Crippen LogP contribution < -0.4 is 9.47 Å². The number of alkyl halides is 1. The first-order valence-corrected chi connectivity index (χ1v) is 5.25. The highest BCUT2D eigenvalue weighted by molar-refractivity contribution is 6.19. The van der Waals surface area contributed by atoms with Gasteiger partial charge in [-0.2, -0.15) is 0 Å². The lowest BCUT2D eigenvalue weighted by Gasteiger charge is -2.05. The van der Waals surface area contributed by atoms with E-state index in [0.29, 0.717) is 29.4 Å². The van der Waals surface area contributed by atoms with Gasteiger partial charge in [-0.15, -0.1) is 11.6 Å². The molecule has 1 aromatic carbocycles. The molecule has 15 heavy (non-hydrogen) atoms. The highest BCUT2D eigenvalue weighted by Crippen LogP contribution is 2.34. The number of halogens is 1. The Morgan fingerprint density at radius 3 is 2.73 bits per heavy atom. The smallest absolute Gasteiger partial charge is 0.231 e. The fourth-order valence-electron chi connectivity index (χ4n) is 1.56. The van der Waals surface area contributed by atoms with Crippen LogP contribution in [-0.2, 0) is 0 Å². The molecule has 4 heteroatoms. The average molecular weight is 227 g/mol. The summed E-state index contributed by atoms with van der Waals surface area (Å²) in [6, 6.07) is 3.55. The molecule has 0 radical (unpaired) electrons. The Morgan fingerprint density at radius 1 is 1.40 bits per heavy atom. The van der Waals surface area contributed by atoms with Crippen molar-refractivity contribution in [3.8, 4) is 11.5 Å². The highest BCUT2D eigenvalue weighted by Gasteiger charge is 2.18. The molecule has 0 saturated heterocycles. The molecule has 0 aliphatic carbocycles. The van der Waals surface area contributed by atoms with E-state index in [1.54, 1.807) is 6.07 Å². The summed E-state index contributed by atoms with van der Waals surface area (Å²) in [5.41, 5.74) is 1.56. The molecule has 1 aliphatic heterocycles. The average Bonchev–Trinajstić information content (AvgIpc) is 2.63. The van der Waals surface area contributed by atoms with Crippen molar-refractivity contribution in [3.05, 3.63) is 23.3 Å². The molecular weight excluding hydrogens is 216 g/mol. The van der Waals surface area contributed by atoms with Crippen molar-refractivity contribution >= 4 is 17.4 Å². The van der Waals surface area contributed by atoms with E-state index in [2.05, 4.69) is 0 Å². The van der Waals surface area contributed by atoms with Crippen LogP contribution in [0, 0.1) is 6.92 Å². The minimum Gasteiger partial charge on any atom is -0.454 e. The summed E-state index contributed by atoms with van der Waals surface area (Å²) in [6.45, 7) is 2.10. The second kappa shape index (κ2) is 4.11. The lowest BCUT2D eigenvalue weighted by molar-refractivity contribution is 0.0988. The van der Waals surface area contributed by atoms with Crippen molar-refractivity contribution in [2.24, 2.45) is 0 Å². The van der Waals surface area contributed by atoms with E-state index in [1.807, 2.05) is 13.0 Å². The maximum atomic E-state index is 11.7. The number of benzene rings is 1. The summed E-state index contributed by atoms with van der Waals surface area (Å²) in [5, 5.41) is 0. The Morgan fingerprint density at radius 2 is 2.07 bits per heavy atom. The molecule has 0 aromatic heterocycles. The van der Waals surface area contributed by atoms with Crippen LogP contribution >= 0.6 is 11.6 Å². The summed E-state index contributed by atoms with van der Waals surface area (Å²) >= 11 is 5.54. The monoisotopic (exact) mass is 226 g/mol. The van der Waals surface area contributed by atoms with Crippen LogP contribution in [0.2, 0.25) is 0 Å². The molecule has 0 atom stereocenters. The van der Waals surface area contributed by atoms with E-state index in [9.17, 15) is 4.79 Å². The van der Waals surface area contributed by atoms with E-state index < -0.39 is 0 Å². The number of aryl methyl sites for hydroxylation is 1. The van der Waals surface area contributed by atoms with Crippen molar-refractivity contribution in [2.45, 2.75) is 13.3 Å². The molecule has 0 unspecified atom stereocenters. The van der Waals surface area contributed by atoms with Crippen molar-refractivity contribution in [1.29, 1.82) is 0 Å². The largest absolute Gasteiger partial charge is 0.454 e. The topological polar surface area (TPSA) is 35.5 Å². The summed E-state index contributed by atoms with van der Waals surface area (Å²) in [5.74, 6) is 1.72. The van der Waals surface area contributed by atoms with Crippen LogP contribution in [0.1, 0.15) is 22.3 Å². The molecule has 2 rings (SSSR count). The third-order valence-corrected chi connectivity index (χ3v) is 2.53. The molecule has 0 spiro atoms. The van der Waals surface area contributed by atoms with Gasteiger partial charge in [0.15, 0.2) is 17.3 Å². The van der Waals surface area contributed by atoms with Gasteiger partial charge in [0, 0.05) is 17.9 Å². The third kappa shape index (κ3) is 1.92. The Hall–Kier alpha value is -1.22. The molecule has 1 aromatic rings. The summed E-state index contributed by atoms with van der Waals surface area (Å²) in [4.78, 5) is 11.7. The van der Waals surface area contributed by atoms with Crippen molar-refractivity contribution in [3.63, 3.8) is 0 Å². The number of Topliss-reactive ketones (excluding diaryl/α,β-unsaturated/α-hetero) is 1. The van der Waals surface area contributed by atoms with Gasteiger partial charge in [0.05, 0.1) is 0 Å². The molecule has 0 N–H and O–H groups in total. The number of hydrogen-bond donors (Lipinski definition) is 0. The molecule has 0 bridgehead atoms. The van der Waals surface area contributed by atoms with E-state index in [0.717, 1.165) is 5.56 Å². The summed E-state index contributed by atoms with van der Waals surface area (Å²) in [7, 11) is 0. The van der Waals surface area contributed by atoms with Gasteiger partial charge in [-0.05, 0) is 24.6 Å². The number of ketones is 1. The molecule has 3 nitrogen and oxygen atoms in total. The van der Waals surface area contributed by atoms with E-state index in [1.165, 1.54) is 0 Å². The van der Waals surface area contributed by atoms with Crippen LogP contribution in [0.25, 0.3) is 0 Å². The molecule has 1 aliphatic rings. The first kappa shape index (κ1) is 10.3. The maximum absolute atomic E-state index is 11.7. The summed E-state index contributed by atoms with van der Waals surface area (Å²) in [6.07, 6.45) is 0.349. The second-order valence-corrected chi connectivity index (χ2v) is 3.76. The van der Waals surface area contributed by atoms with Crippen LogP contribution in [0.15, 0.2) is 12.1 Å². The zero-order chi connectivity index (χ0) is 10.8. The number of rotatable bonds is 3. The maximum Gasteiger partial charge on any atom is 0.231 e. The SMILES string of the molecule is Cc1cc2c(cc1C(=O)CCCl)OCO2. The molecule has 0 fully saturated rings. The quantitative estimate of drug-likeness (QED) is 0.587. The van der Waals surface area contributed by atoms with Crippen LogP contribution in [0.3, 0.4) is 0 Å². The van der Waals surface area contributed by atoms with Gasteiger partial charge in [0.25, 0.3) is 0 Å². The second-order valence-electron chi connectivity index (χ2n) is 3.38. The van der Waals surface area contributed by atoms with Gasteiger partial charge in [-0.1, -0.05) is 0 Å². The van der Waals surface area contributed by atoms with Gasteiger partial charge in [-0.3, -0.25) is 4.79 Å². The van der Waals surface area contributed by atoms with E-state index in [4.69, 9.17) is 21.1 Å². The molecule has 0 saturated carbocycles. The minimum atomic E-state index is 0.0424. The normalized spacial score (nSPS) is 12.9. The Labute approximate surface area is 92.9 Å². The Kier molecular flexibility index (Phi) is 2.82. The van der Waals surface area contributed by atoms with Crippen LogP contribution in [0.4, 0.5) is 0 Å². The Balaban J connectivity index is 2.36. The lowest BCUT2D eigenvalue weighted by Crippen LogP contribution is -2.02. The molecular formula is C11H11ClO3. The number of carbonyl (C=O) groups is 1. The molecule has 80 valence electrons. The Bertz CT molecular complexity index is 401. The van der Waals surface area contributed by atoms with Gasteiger partial charge in [-0.25, -0.2) is 0 Å². The number of ether oxygens (including phenoxy) is 2. The molecule has 1 heterocycles. The van der Waals surface area contributed by atoms with Crippen molar-refractivity contribution < 1.29 is 14.3 Å². The number of hydrogen-bond acceptors (Lipinski definition) is 3. The lowest BCUT2D eigenvalue weighted by atomic mass is 10.0. The fraction of sp³-hybridized carbons (Fsp3) is 0.364. The van der Waals surface area contributed by atoms with Gasteiger partial charge in [0.1, 0.15) is 0 Å². The van der Waals surface area contributed by atoms with Gasteiger partial charge < -0.3 is 9.47 Å². The zero-order valence-corrected chi connectivity index (χ0v) is 9.13. The summed E-state index contributed by atoms with van der Waals surface area (Å²) < 4.78 is 10.4. The van der Waals surface area contributed by atoms with Crippen LogP contribution in [-0.4, -0.2) is 18.5 Å². The molecule has 0 amide bonds. The van der Waals surface area contributed by atoms with E-state index in [-0.39, 0.29) is 12.6 Å². The zero-order valence-electron chi connectivity index (χ0n) is 8.38. The van der Waals surface area contributed by atoms with Gasteiger partial charge in [0.2, 0.25) is 6.79 Å². The predicted molar refractivity (Wildman–Crippen MR) is 57.0 cm³/mol. The fourth-order valence-corrected chi connectivity index (χ4v) is 1.74. The van der Waals surface area contributed by atoms with Crippen LogP contribution in [0.5, 0.6) is 11.5 Å². The predicted octanol–water partition coefficient (Wildman–Crippen LogP) is 2.54. The minimum absolute atomic E-state index is 0.0424. The first-order chi connectivity index (χ1) is 7.22. The van der Waals surface area contributed by atoms with Crippen molar-refractivity contribution in [2.75, 3.05) is 12.7 Å². The highest BCUT2D eigenvalue weighted by atomic mass is 35.5. The van der Waals surface area contributed by atoms with Crippen molar-refractivity contribution in [1.82, 2.24) is 0 Å².